The summed E-state index contributed by atoms with van der Waals surface area (Å²) in [4.78, 5) is 0. The number of hydrogen-bond acceptors (Lipinski definition) is 4. The Hall–Kier alpha value is -0.920. The molecule has 0 aromatic carbocycles. The van der Waals surface area contributed by atoms with Crippen LogP contribution < -0.4 is 4.72 Å². The summed E-state index contributed by atoms with van der Waals surface area (Å²) < 4.78 is 28.0. The van der Waals surface area contributed by atoms with Crippen LogP contribution in [-0.4, -0.2) is 35.5 Å². The fraction of sp³-hybridized carbons (Fsp3) is 0.700. The van der Waals surface area contributed by atoms with E-state index in [2.05, 4.69) is 9.82 Å². The zero-order valence-electron chi connectivity index (χ0n) is 10.1. The van der Waals surface area contributed by atoms with Crippen LogP contribution in [0.25, 0.3) is 0 Å². The highest BCUT2D eigenvalue weighted by Gasteiger charge is 2.49. The third-order valence-electron chi connectivity index (χ3n) is 3.56. The molecule has 1 aromatic heterocycles. The fourth-order valence-electron chi connectivity index (χ4n) is 1.98. The van der Waals surface area contributed by atoms with E-state index < -0.39 is 21.5 Å². The molecule has 0 saturated heterocycles. The normalized spacial score (nSPS) is 27.8. The molecule has 7 heteroatoms. The molecule has 1 saturated carbocycles. The number of sulfonamides is 1. The molecule has 0 amide bonds. The van der Waals surface area contributed by atoms with E-state index >= 15 is 0 Å². The molecule has 0 radical (unpaired) electrons. The zero-order valence-corrected chi connectivity index (χ0v) is 10.9. The Morgan fingerprint density at radius 3 is 2.65 bits per heavy atom. The van der Waals surface area contributed by atoms with Crippen molar-refractivity contribution >= 4 is 10.0 Å². The van der Waals surface area contributed by atoms with Crippen molar-refractivity contribution in [3.05, 3.63) is 12.3 Å². The summed E-state index contributed by atoms with van der Waals surface area (Å²) in [5.41, 5.74) is -0.425. The lowest BCUT2D eigenvalue weighted by Crippen LogP contribution is -2.61. The minimum Gasteiger partial charge on any atom is -0.392 e. The summed E-state index contributed by atoms with van der Waals surface area (Å²) in [6.07, 6.45) is 1.43. The van der Waals surface area contributed by atoms with Crippen molar-refractivity contribution in [2.24, 2.45) is 12.5 Å². The SMILES string of the molecule is Cn1nccc1S(=O)(=O)NC1CC(O)C1(C)C. The van der Waals surface area contributed by atoms with E-state index in [0.717, 1.165) is 0 Å². The van der Waals surface area contributed by atoms with Crippen LogP contribution in [0.4, 0.5) is 0 Å². The molecule has 1 aliphatic rings. The van der Waals surface area contributed by atoms with Gasteiger partial charge in [0.1, 0.15) is 0 Å². The molecule has 0 spiro atoms. The zero-order chi connectivity index (χ0) is 12.8. The Labute approximate surface area is 101 Å². The fourth-order valence-corrected chi connectivity index (χ4v) is 3.51. The van der Waals surface area contributed by atoms with Crippen molar-refractivity contribution in [2.75, 3.05) is 0 Å². The van der Waals surface area contributed by atoms with Gasteiger partial charge in [-0.1, -0.05) is 13.8 Å². The monoisotopic (exact) mass is 259 g/mol. The molecule has 2 atom stereocenters. The summed E-state index contributed by atoms with van der Waals surface area (Å²) >= 11 is 0. The number of aromatic nitrogens is 2. The van der Waals surface area contributed by atoms with Gasteiger partial charge in [-0.25, -0.2) is 13.1 Å². The predicted octanol–water partition coefficient (Wildman–Crippen LogP) is -0.142. The maximum absolute atomic E-state index is 12.1. The van der Waals surface area contributed by atoms with Gasteiger partial charge in [-0.3, -0.25) is 4.68 Å². The maximum Gasteiger partial charge on any atom is 0.257 e. The molecule has 1 aromatic rings. The van der Waals surface area contributed by atoms with Gasteiger partial charge >= 0.3 is 0 Å². The molecular formula is C10H17N3O3S. The molecule has 2 rings (SSSR count). The van der Waals surface area contributed by atoms with Gasteiger partial charge in [0.25, 0.3) is 10.0 Å². The lowest BCUT2D eigenvalue weighted by atomic mass is 9.65. The first-order valence-electron chi connectivity index (χ1n) is 5.43. The van der Waals surface area contributed by atoms with Crippen LogP contribution in [0, 0.1) is 5.41 Å². The van der Waals surface area contributed by atoms with Crippen molar-refractivity contribution in [1.82, 2.24) is 14.5 Å². The molecule has 96 valence electrons. The number of aryl methyl sites for hydroxylation is 1. The Balaban J connectivity index is 2.18. The van der Waals surface area contributed by atoms with E-state index in [9.17, 15) is 13.5 Å². The maximum atomic E-state index is 12.1. The van der Waals surface area contributed by atoms with Gasteiger partial charge in [-0.2, -0.15) is 5.10 Å². The molecule has 0 aliphatic heterocycles. The summed E-state index contributed by atoms with van der Waals surface area (Å²) in [5, 5.41) is 13.5. The Kier molecular flexibility index (Phi) is 2.80. The van der Waals surface area contributed by atoms with Gasteiger partial charge in [-0.05, 0) is 12.5 Å². The molecule has 0 bridgehead atoms. The molecule has 1 fully saturated rings. The number of nitrogens with zero attached hydrogens (tertiary/aromatic N) is 2. The number of aliphatic hydroxyl groups excluding tert-OH is 1. The lowest BCUT2D eigenvalue weighted by molar-refractivity contribution is -0.0645. The Bertz CT molecular complexity index is 521. The molecule has 1 heterocycles. The molecular weight excluding hydrogens is 242 g/mol. The number of rotatable bonds is 3. The second-order valence-electron chi connectivity index (χ2n) is 5.04. The predicted molar refractivity (Wildman–Crippen MR) is 61.7 cm³/mol. The van der Waals surface area contributed by atoms with Crippen LogP contribution in [0.5, 0.6) is 0 Å². The van der Waals surface area contributed by atoms with Crippen molar-refractivity contribution in [1.29, 1.82) is 0 Å². The first kappa shape index (κ1) is 12.5. The number of nitrogens with one attached hydrogen (secondary N) is 1. The first-order chi connectivity index (χ1) is 7.75. The smallest absolute Gasteiger partial charge is 0.257 e. The molecule has 2 unspecified atom stereocenters. The van der Waals surface area contributed by atoms with E-state index in [1.165, 1.54) is 16.9 Å². The third kappa shape index (κ3) is 1.98. The minimum absolute atomic E-state index is 0.134. The van der Waals surface area contributed by atoms with Crippen LogP contribution in [0.15, 0.2) is 17.3 Å². The average molecular weight is 259 g/mol. The van der Waals surface area contributed by atoms with E-state index in [4.69, 9.17) is 0 Å². The van der Waals surface area contributed by atoms with E-state index in [-0.39, 0.29) is 11.1 Å². The number of hydrogen-bond donors (Lipinski definition) is 2. The van der Waals surface area contributed by atoms with Crippen molar-refractivity contribution in [3.63, 3.8) is 0 Å². The van der Waals surface area contributed by atoms with Crippen LogP contribution >= 0.6 is 0 Å². The van der Waals surface area contributed by atoms with Crippen LogP contribution in [0.1, 0.15) is 20.3 Å². The number of aliphatic hydroxyl groups is 1. The molecule has 17 heavy (non-hydrogen) atoms. The standard InChI is InChI=1S/C10H17N3O3S/c1-10(2)7(6-8(10)14)12-17(15,16)9-4-5-11-13(9)3/h4-5,7-8,12,14H,6H2,1-3H3. The van der Waals surface area contributed by atoms with Gasteiger partial charge in [-0.15, -0.1) is 0 Å². The third-order valence-corrected chi connectivity index (χ3v) is 5.11. The van der Waals surface area contributed by atoms with Gasteiger partial charge in [0.15, 0.2) is 5.03 Å². The second-order valence-corrected chi connectivity index (χ2v) is 6.70. The minimum atomic E-state index is -3.56. The highest BCUT2D eigenvalue weighted by molar-refractivity contribution is 7.89. The van der Waals surface area contributed by atoms with E-state index in [1.54, 1.807) is 7.05 Å². The summed E-state index contributed by atoms with van der Waals surface area (Å²) in [5.74, 6) is 0. The lowest BCUT2D eigenvalue weighted by Gasteiger charge is -2.49. The largest absolute Gasteiger partial charge is 0.392 e. The summed E-state index contributed by atoms with van der Waals surface area (Å²) in [6.45, 7) is 3.69. The van der Waals surface area contributed by atoms with Crippen molar-refractivity contribution < 1.29 is 13.5 Å². The average Bonchev–Trinajstić information content (AvgIpc) is 2.64. The second kappa shape index (κ2) is 3.79. The summed E-state index contributed by atoms with van der Waals surface area (Å²) in [7, 11) is -1.98. The Morgan fingerprint density at radius 1 is 1.59 bits per heavy atom. The van der Waals surface area contributed by atoms with Gasteiger partial charge < -0.3 is 5.11 Å². The summed E-state index contributed by atoms with van der Waals surface area (Å²) in [6, 6.07) is 1.21. The van der Waals surface area contributed by atoms with Gasteiger partial charge in [0.2, 0.25) is 0 Å². The van der Waals surface area contributed by atoms with Crippen LogP contribution in [0.2, 0.25) is 0 Å². The van der Waals surface area contributed by atoms with Crippen molar-refractivity contribution in [3.8, 4) is 0 Å². The Morgan fingerprint density at radius 2 is 2.24 bits per heavy atom. The topological polar surface area (TPSA) is 84.2 Å². The van der Waals surface area contributed by atoms with Crippen LogP contribution in [0.3, 0.4) is 0 Å². The van der Waals surface area contributed by atoms with E-state index in [0.29, 0.717) is 6.42 Å². The quantitative estimate of drug-likeness (QED) is 0.791. The highest BCUT2D eigenvalue weighted by atomic mass is 32.2. The molecule has 1 aliphatic carbocycles. The van der Waals surface area contributed by atoms with Gasteiger partial charge in [0, 0.05) is 18.5 Å². The highest BCUT2D eigenvalue weighted by Crippen LogP contribution is 2.41. The molecule has 2 N–H and O–H groups in total. The van der Waals surface area contributed by atoms with Crippen LogP contribution in [-0.2, 0) is 17.1 Å². The van der Waals surface area contributed by atoms with Gasteiger partial charge in [0.05, 0.1) is 12.3 Å². The van der Waals surface area contributed by atoms with E-state index in [1.807, 2.05) is 13.8 Å². The first-order valence-corrected chi connectivity index (χ1v) is 6.92. The van der Waals surface area contributed by atoms with Crippen molar-refractivity contribution in [2.45, 2.75) is 37.4 Å². The molecule has 6 nitrogen and oxygen atoms in total.